The molecule has 0 heterocycles. The van der Waals surface area contributed by atoms with Gasteiger partial charge in [0.1, 0.15) is 23.9 Å². The SMILES string of the molecule is CC(C)OCCOCCOc1ccc(Oc2cc(C(N)=O)ccc2C(F)(F)F)cc1. The van der Waals surface area contributed by atoms with Crippen molar-refractivity contribution in [2.45, 2.75) is 26.1 Å². The molecule has 2 rings (SSSR count). The summed E-state index contributed by atoms with van der Waals surface area (Å²) >= 11 is 0. The second-order valence-electron chi connectivity index (χ2n) is 6.53. The number of nitrogens with two attached hydrogens (primary N) is 1. The lowest BCUT2D eigenvalue weighted by atomic mass is 10.1. The van der Waals surface area contributed by atoms with Gasteiger partial charge in [0.05, 0.1) is 31.5 Å². The minimum Gasteiger partial charge on any atom is -0.491 e. The summed E-state index contributed by atoms with van der Waals surface area (Å²) < 4.78 is 61.2. The molecule has 0 aliphatic heterocycles. The topological polar surface area (TPSA) is 80.0 Å². The van der Waals surface area contributed by atoms with Crippen molar-refractivity contribution in [1.29, 1.82) is 0 Å². The van der Waals surface area contributed by atoms with Crippen LogP contribution in [-0.4, -0.2) is 38.4 Å². The first-order valence-corrected chi connectivity index (χ1v) is 9.28. The zero-order valence-corrected chi connectivity index (χ0v) is 16.7. The minimum atomic E-state index is -4.64. The molecule has 30 heavy (non-hydrogen) atoms. The van der Waals surface area contributed by atoms with Crippen LogP contribution in [0.5, 0.6) is 17.2 Å². The second kappa shape index (κ2) is 10.8. The standard InChI is InChI=1S/C21H24F3NO5/c1-14(2)28-11-9-27-10-12-29-16-4-6-17(7-5-16)30-19-13-15(20(25)26)3-8-18(19)21(22,23)24/h3-8,13-14H,9-12H2,1-2H3,(H2,25,26). The molecule has 1 amide bonds. The summed E-state index contributed by atoms with van der Waals surface area (Å²) in [7, 11) is 0. The first-order valence-electron chi connectivity index (χ1n) is 9.28. The van der Waals surface area contributed by atoms with Crippen LogP contribution in [0.4, 0.5) is 13.2 Å². The third kappa shape index (κ3) is 7.57. The molecule has 9 heteroatoms. The van der Waals surface area contributed by atoms with Crippen LogP contribution in [-0.2, 0) is 15.7 Å². The monoisotopic (exact) mass is 427 g/mol. The lowest BCUT2D eigenvalue weighted by molar-refractivity contribution is -0.138. The number of halogens is 3. The maximum Gasteiger partial charge on any atom is 0.419 e. The molecule has 6 nitrogen and oxygen atoms in total. The number of carbonyl (C=O) groups is 1. The molecule has 0 fully saturated rings. The Morgan fingerprint density at radius 3 is 2.20 bits per heavy atom. The molecule has 0 aliphatic carbocycles. The van der Waals surface area contributed by atoms with Crippen LogP contribution < -0.4 is 15.2 Å². The van der Waals surface area contributed by atoms with Gasteiger partial charge in [0.2, 0.25) is 5.91 Å². The lowest BCUT2D eigenvalue weighted by Crippen LogP contribution is -2.13. The number of primary amides is 1. The number of carbonyl (C=O) groups excluding carboxylic acids is 1. The average molecular weight is 427 g/mol. The van der Waals surface area contributed by atoms with Gasteiger partial charge in [0.15, 0.2) is 0 Å². The molecule has 0 spiro atoms. The summed E-state index contributed by atoms with van der Waals surface area (Å²) in [6.45, 7) is 5.51. The Labute approximate surface area is 172 Å². The van der Waals surface area contributed by atoms with E-state index in [4.69, 9.17) is 24.7 Å². The molecule has 164 valence electrons. The van der Waals surface area contributed by atoms with Gasteiger partial charge in [-0.05, 0) is 56.3 Å². The molecule has 2 N–H and O–H groups in total. The van der Waals surface area contributed by atoms with E-state index in [1.165, 1.54) is 12.1 Å². The number of alkyl halides is 3. The van der Waals surface area contributed by atoms with Gasteiger partial charge in [-0.3, -0.25) is 4.79 Å². The van der Waals surface area contributed by atoms with Gasteiger partial charge < -0.3 is 24.7 Å². The highest BCUT2D eigenvalue weighted by Crippen LogP contribution is 2.38. The van der Waals surface area contributed by atoms with Crippen LogP contribution in [0.2, 0.25) is 0 Å². The summed E-state index contributed by atoms with van der Waals surface area (Å²) in [5.41, 5.74) is 4.05. The van der Waals surface area contributed by atoms with E-state index in [1.807, 2.05) is 13.8 Å². The maximum absolute atomic E-state index is 13.2. The van der Waals surface area contributed by atoms with Crippen molar-refractivity contribution in [3.05, 3.63) is 53.6 Å². The molecule has 2 aromatic carbocycles. The predicted molar refractivity (Wildman–Crippen MR) is 104 cm³/mol. The summed E-state index contributed by atoms with van der Waals surface area (Å²) in [6, 6.07) is 8.78. The van der Waals surface area contributed by atoms with Crippen molar-refractivity contribution in [2.75, 3.05) is 26.4 Å². The first kappa shape index (κ1) is 23.5. The highest BCUT2D eigenvalue weighted by molar-refractivity contribution is 5.93. The number of benzene rings is 2. The van der Waals surface area contributed by atoms with E-state index in [2.05, 4.69) is 0 Å². The van der Waals surface area contributed by atoms with Crippen LogP contribution >= 0.6 is 0 Å². The van der Waals surface area contributed by atoms with Gasteiger partial charge in [-0.25, -0.2) is 0 Å². The molecule has 0 bridgehead atoms. The van der Waals surface area contributed by atoms with Gasteiger partial charge in [0.25, 0.3) is 0 Å². The van der Waals surface area contributed by atoms with E-state index in [1.54, 1.807) is 12.1 Å². The molecule has 0 saturated heterocycles. The van der Waals surface area contributed by atoms with Crippen molar-refractivity contribution in [3.63, 3.8) is 0 Å². The third-order valence-corrected chi connectivity index (χ3v) is 3.80. The molecular formula is C21H24F3NO5. The summed E-state index contributed by atoms with van der Waals surface area (Å²) in [6.07, 6.45) is -4.49. The van der Waals surface area contributed by atoms with Gasteiger partial charge in [-0.2, -0.15) is 13.2 Å². The van der Waals surface area contributed by atoms with E-state index in [9.17, 15) is 18.0 Å². The van der Waals surface area contributed by atoms with Gasteiger partial charge in [-0.1, -0.05) is 0 Å². The van der Waals surface area contributed by atoms with Crippen molar-refractivity contribution in [1.82, 2.24) is 0 Å². The molecule has 0 aliphatic rings. The number of ether oxygens (including phenoxy) is 4. The van der Waals surface area contributed by atoms with E-state index in [0.717, 1.165) is 18.2 Å². The van der Waals surface area contributed by atoms with Gasteiger partial charge >= 0.3 is 6.18 Å². The van der Waals surface area contributed by atoms with Crippen molar-refractivity contribution >= 4 is 5.91 Å². The average Bonchev–Trinajstić information content (AvgIpc) is 2.67. The highest BCUT2D eigenvalue weighted by Gasteiger charge is 2.35. The molecule has 2 aromatic rings. The Morgan fingerprint density at radius 2 is 1.60 bits per heavy atom. The van der Waals surface area contributed by atoms with Crippen LogP contribution in [0.1, 0.15) is 29.8 Å². The molecule has 0 aromatic heterocycles. The Balaban J connectivity index is 1.93. The molecule has 0 unspecified atom stereocenters. The molecular weight excluding hydrogens is 403 g/mol. The Bertz CT molecular complexity index is 822. The Morgan fingerprint density at radius 1 is 0.967 bits per heavy atom. The fraction of sp³-hybridized carbons (Fsp3) is 0.381. The largest absolute Gasteiger partial charge is 0.491 e. The highest BCUT2D eigenvalue weighted by atomic mass is 19.4. The maximum atomic E-state index is 13.2. The van der Waals surface area contributed by atoms with Crippen molar-refractivity contribution < 1.29 is 36.9 Å². The minimum absolute atomic E-state index is 0.0863. The Kier molecular flexibility index (Phi) is 8.49. The van der Waals surface area contributed by atoms with Gasteiger partial charge in [0, 0.05) is 5.56 Å². The van der Waals surface area contributed by atoms with Crippen LogP contribution in [0.15, 0.2) is 42.5 Å². The van der Waals surface area contributed by atoms with Crippen LogP contribution in [0, 0.1) is 0 Å². The molecule has 0 saturated carbocycles. The number of amides is 1. The third-order valence-electron chi connectivity index (χ3n) is 3.80. The number of rotatable bonds is 11. The second-order valence-corrected chi connectivity index (χ2v) is 6.53. The van der Waals surface area contributed by atoms with E-state index in [0.29, 0.717) is 32.2 Å². The lowest BCUT2D eigenvalue weighted by Gasteiger charge is -2.15. The smallest absolute Gasteiger partial charge is 0.419 e. The molecule has 0 radical (unpaired) electrons. The first-order chi connectivity index (χ1) is 14.2. The Hall–Kier alpha value is -2.78. The van der Waals surface area contributed by atoms with Crippen molar-refractivity contribution in [3.8, 4) is 17.2 Å². The van der Waals surface area contributed by atoms with Crippen LogP contribution in [0.25, 0.3) is 0 Å². The normalized spacial score (nSPS) is 11.5. The number of hydrogen-bond donors (Lipinski definition) is 1. The zero-order valence-electron chi connectivity index (χ0n) is 16.7. The molecule has 0 atom stereocenters. The van der Waals surface area contributed by atoms with E-state index < -0.39 is 23.4 Å². The zero-order chi connectivity index (χ0) is 22.1. The number of hydrogen-bond acceptors (Lipinski definition) is 5. The quantitative estimate of drug-likeness (QED) is 0.537. The van der Waals surface area contributed by atoms with Crippen molar-refractivity contribution in [2.24, 2.45) is 5.73 Å². The van der Waals surface area contributed by atoms with E-state index >= 15 is 0 Å². The summed E-state index contributed by atoms with van der Waals surface area (Å²) in [4.78, 5) is 11.3. The summed E-state index contributed by atoms with van der Waals surface area (Å²) in [5, 5.41) is 0. The van der Waals surface area contributed by atoms with Gasteiger partial charge in [-0.15, -0.1) is 0 Å². The summed E-state index contributed by atoms with van der Waals surface area (Å²) in [5.74, 6) is -0.706. The fourth-order valence-corrected chi connectivity index (χ4v) is 2.39. The predicted octanol–water partition coefficient (Wildman–Crippen LogP) is 4.42. The van der Waals surface area contributed by atoms with E-state index in [-0.39, 0.29) is 17.4 Å². The fourth-order valence-electron chi connectivity index (χ4n) is 2.39. The van der Waals surface area contributed by atoms with Crippen LogP contribution in [0.3, 0.4) is 0 Å².